The molecule has 0 aliphatic rings. The molecule has 0 saturated heterocycles. The van der Waals surface area contributed by atoms with Crippen LogP contribution >= 0.6 is 0 Å². The molecule has 4 rings (SSSR count). The molecule has 0 bridgehead atoms. The van der Waals surface area contributed by atoms with Crippen molar-refractivity contribution >= 4 is 23.1 Å². The highest BCUT2D eigenvalue weighted by Gasteiger charge is 2.21. The van der Waals surface area contributed by atoms with Crippen molar-refractivity contribution in [3.8, 4) is 23.1 Å². The zero-order chi connectivity index (χ0) is 21.3. The third-order valence-electron chi connectivity index (χ3n) is 4.41. The van der Waals surface area contributed by atoms with Gasteiger partial charge in [-0.25, -0.2) is 18.7 Å². The van der Waals surface area contributed by atoms with Gasteiger partial charge in [0.05, 0.1) is 12.8 Å². The molecule has 0 aliphatic heterocycles. The Bertz CT molecular complexity index is 1290. The first-order valence-corrected chi connectivity index (χ1v) is 8.74. The quantitative estimate of drug-likeness (QED) is 0.520. The van der Waals surface area contributed by atoms with Crippen molar-refractivity contribution in [2.75, 3.05) is 12.4 Å². The van der Waals surface area contributed by atoms with Crippen molar-refractivity contribution in [1.29, 1.82) is 5.26 Å². The number of anilines is 2. The zero-order valence-corrected chi connectivity index (χ0v) is 15.6. The van der Waals surface area contributed by atoms with Gasteiger partial charge in [0.2, 0.25) is 0 Å². The third-order valence-corrected chi connectivity index (χ3v) is 4.41. The van der Waals surface area contributed by atoms with Crippen molar-refractivity contribution in [3.63, 3.8) is 0 Å². The van der Waals surface area contributed by atoms with Gasteiger partial charge < -0.3 is 15.2 Å². The number of carboxylic acid groups (broad SMARTS) is 1. The maximum atomic E-state index is 13.3. The van der Waals surface area contributed by atoms with Crippen LogP contribution in [0.3, 0.4) is 0 Å². The van der Waals surface area contributed by atoms with E-state index in [4.69, 9.17) is 4.74 Å². The molecule has 0 fully saturated rings. The number of rotatable bonds is 5. The number of hydrogen-bond donors (Lipinski definition) is 2. The van der Waals surface area contributed by atoms with Crippen molar-refractivity contribution < 1.29 is 19.0 Å². The maximum absolute atomic E-state index is 13.3. The van der Waals surface area contributed by atoms with Gasteiger partial charge in [-0.1, -0.05) is 0 Å². The van der Waals surface area contributed by atoms with Gasteiger partial charge >= 0.3 is 5.97 Å². The van der Waals surface area contributed by atoms with Crippen molar-refractivity contribution in [1.82, 2.24) is 14.6 Å². The number of aromatic nitrogens is 3. The second-order valence-electron chi connectivity index (χ2n) is 6.26. The molecule has 0 unspecified atom stereocenters. The molecule has 0 aliphatic carbocycles. The highest BCUT2D eigenvalue weighted by molar-refractivity contribution is 5.89. The minimum absolute atomic E-state index is 0.0766. The van der Waals surface area contributed by atoms with Gasteiger partial charge in [-0.3, -0.25) is 0 Å². The lowest BCUT2D eigenvalue weighted by Gasteiger charge is -2.05. The standard InChI is InChI=1S/C21H14FN5O3/c1-30-15-8-6-14(7-9-15)24-19-16(11-23)20-25-17(12-2-4-13(22)5-3-12)10-18(21(28)29)27(20)26-19/h2-10H,1H3,(H,24,26)(H,28,29). The molecule has 8 nitrogen and oxygen atoms in total. The number of aromatic carboxylic acids is 1. The summed E-state index contributed by atoms with van der Waals surface area (Å²) >= 11 is 0. The first-order valence-electron chi connectivity index (χ1n) is 8.74. The van der Waals surface area contributed by atoms with E-state index in [0.29, 0.717) is 17.0 Å². The summed E-state index contributed by atoms with van der Waals surface area (Å²) in [7, 11) is 1.55. The topological polar surface area (TPSA) is 113 Å². The summed E-state index contributed by atoms with van der Waals surface area (Å²) in [6.07, 6.45) is 0. The van der Waals surface area contributed by atoms with Crippen LogP contribution in [0.5, 0.6) is 5.75 Å². The van der Waals surface area contributed by atoms with Gasteiger partial charge in [-0.05, 0) is 54.6 Å². The molecule has 2 N–H and O–H groups in total. The van der Waals surface area contributed by atoms with Crippen LogP contribution in [-0.4, -0.2) is 32.8 Å². The van der Waals surface area contributed by atoms with E-state index in [0.717, 1.165) is 4.52 Å². The van der Waals surface area contributed by atoms with E-state index < -0.39 is 11.8 Å². The second kappa shape index (κ2) is 7.52. The highest BCUT2D eigenvalue weighted by atomic mass is 19.1. The largest absolute Gasteiger partial charge is 0.497 e. The van der Waals surface area contributed by atoms with Crippen LogP contribution in [0.2, 0.25) is 0 Å². The Morgan fingerprint density at radius 3 is 2.50 bits per heavy atom. The molecular weight excluding hydrogens is 389 g/mol. The van der Waals surface area contributed by atoms with Gasteiger partial charge in [0.1, 0.15) is 23.2 Å². The molecule has 0 amide bonds. The van der Waals surface area contributed by atoms with Crippen molar-refractivity contribution in [2.24, 2.45) is 0 Å². The molecule has 4 aromatic rings. The number of nitrogens with zero attached hydrogens (tertiary/aromatic N) is 4. The van der Waals surface area contributed by atoms with Crippen molar-refractivity contribution in [3.05, 3.63) is 71.7 Å². The van der Waals surface area contributed by atoms with Crippen LogP contribution in [0.25, 0.3) is 16.9 Å². The van der Waals surface area contributed by atoms with E-state index in [1.165, 1.54) is 30.3 Å². The van der Waals surface area contributed by atoms with Gasteiger partial charge in [-0.2, -0.15) is 5.26 Å². The average molecular weight is 403 g/mol. The summed E-state index contributed by atoms with van der Waals surface area (Å²) in [5.74, 6) is -0.844. The van der Waals surface area contributed by atoms with E-state index in [1.54, 1.807) is 31.4 Å². The van der Waals surface area contributed by atoms with Crippen LogP contribution in [0, 0.1) is 17.1 Å². The Balaban J connectivity index is 1.87. The van der Waals surface area contributed by atoms with Gasteiger partial charge in [0.25, 0.3) is 0 Å². The van der Waals surface area contributed by atoms with Gasteiger partial charge in [0.15, 0.2) is 17.2 Å². The monoisotopic (exact) mass is 403 g/mol. The van der Waals surface area contributed by atoms with Crippen LogP contribution < -0.4 is 10.1 Å². The molecule has 2 aromatic carbocycles. The Morgan fingerprint density at radius 2 is 1.90 bits per heavy atom. The minimum atomic E-state index is -1.24. The smallest absolute Gasteiger partial charge is 0.354 e. The molecule has 2 aromatic heterocycles. The van der Waals surface area contributed by atoms with Crippen LogP contribution in [0.1, 0.15) is 16.1 Å². The number of halogens is 1. The number of ether oxygens (including phenoxy) is 1. The predicted octanol–water partition coefficient (Wildman–Crippen LogP) is 3.86. The summed E-state index contributed by atoms with van der Waals surface area (Å²) in [6, 6.07) is 15.8. The fraction of sp³-hybridized carbons (Fsp3) is 0.0476. The first kappa shape index (κ1) is 18.9. The van der Waals surface area contributed by atoms with E-state index in [-0.39, 0.29) is 28.4 Å². The summed E-state index contributed by atoms with van der Waals surface area (Å²) in [4.78, 5) is 16.2. The van der Waals surface area contributed by atoms with Crippen LogP contribution in [0.4, 0.5) is 15.9 Å². The van der Waals surface area contributed by atoms with E-state index in [2.05, 4.69) is 15.4 Å². The normalized spacial score (nSPS) is 10.6. The molecule has 0 radical (unpaired) electrons. The summed E-state index contributed by atoms with van der Waals surface area (Å²) in [6.45, 7) is 0. The number of carboxylic acids is 1. The number of nitriles is 1. The van der Waals surface area contributed by atoms with Crippen molar-refractivity contribution in [2.45, 2.75) is 0 Å². The Labute approximate surface area is 169 Å². The molecule has 9 heteroatoms. The molecule has 0 spiro atoms. The fourth-order valence-electron chi connectivity index (χ4n) is 2.94. The molecule has 148 valence electrons. The summed E-state index contributed by atoms with van der Waals surface area (Å²) in [5, 5.41) is 26.6. The minimum Gasteiger partial charge on any atom is -0.497 e. The SMILES string of the molecule is COc1ccc(Nc2nn3c(C(=O)O)cc(-c4ccc(F)cc4)nc3c2C#N)cc1. The number of nitrogens with one attached hydrogen (secondary N) is 1. The number of hydrogen-bond acceptors (Lipinski definition) is 6. The molecular formula is C21H14FN5O3. The Hall–Kier alpha value is -4.45. The number of methoxy groups -OCH3 is 1. The highest BCUT2D eigenvalue weighted by Crippen LogP contribution is 2.27. The molecule has 2 heterocycles. The fourth-order valence-corrected chi connectivity index (χ4v) is 2.94. The maximum Gasteiger partial charge on any atom is 0.354 e. The van der Waals surface area contributed by atoms with Gasteiger partial charge in [0, 0.05) is 11.3 Å². The van der Waals surface area contributed by atoms with Crippen LogP contribution in [0.15, 0.2) is 54.6 Å². The molecule has 30 heavy (non-hydrogen) atoms. The number of benzene rings is 2. The van der Waals surface area contributed by atoms with E-state index >= 15 is 0 Å². The third kappa shape index (κ3) is 3.38. The molecule has 0 atom stereocenters. The summed E-state index contributed by atoms with van der Waals surface area (Å²) < 4.78 is 19.5. The number of fused-ring (bicyclic) bond motifs is 1. The lowest BCUT2D eigenvalue weighted by molar-refractivity contribution is 0.0687. The van der Waals surface area contributed by atoms with Crippen LogP contribution in [-0.2, 0) is 0 Å². The first-order chi connectivity index (χ1) is 14.5. The predicted molar refractivity (Wildman–Crippen MR) is 106 cm³/mol. The zero-order valence-electron chi connectivity index (χ0n) is 15.6. The van der Waals surface area contributed by atoms with E-state index in [1.807, 2.05) is 6.07 Å². The average Bonchev–Trinajstić information content (AvgIpc) is 3.10. The second-order valence-corrected chi connectivity index (χ2v) is 6.26. The molecule has 0 saturated carbocycles. The van der Waals surface area contributed by atoms with E-state index in [9.17, 15) is 19.6 Å². The van der Waals surface area contributed by atoms with Gasteiger partial charge in [-0.15, -0.1) is 5.10 Å². The Morgan fingerprint density at radius 1 is 1.20 bits per heavy atom. The Kier molecular flexibility index (Phi) is 4.74. The summed E-state index contributed by atoms with van der Waals surface area (Å²) in [5.41, 5.74) is 1.40. The lowest BCUT2D eigenvalue weighted by Crippen LogP contribution is -2.08. The lowest BCUT2D eigenvalue weighted by atomic mass is 10.1. The number of carbonyl (C=O) groups is 1.